The summed E-state index contributed by atoms with van der Waals surface area (Å²) in [5.74, 6) is 1.44. The molecule has 0 saturated carbocycles. The number of benzene rings is 1. The standard InChI is InChI=1S/C15H11N5/c1-2-5-11-9-17-13(8-10(11)4-1)18-15-14-12(19-20-15)6-3-7-16-14/h1-9H,(H2,17,18,19,20). The van der Waals surface area contributed by atoms with Crippen molar-refractivity contribution in [3.63, 3.8) is 0 Å². The van der Waals surface area contributed by atoms with Gasteiger partial charge in [0.2, 0.25) is 0 Å². The van der Waals surface area contributed by atoms with Crippen LogP contribution in [0.5, 0.6) is 0 Å². The number of rotatable bonds is 2. The maximum absolute atomic E-state index is 4.40. The molecule has 96 valence electrons. The third-order valence-corrected chi connectivity index (χ3v) is 3.20. The first-order valence-corrected chi connectivity index (χ1v) is 6.31. The minimum absolute atomic E-state index is 0.684. The number of H-pyrrole nitrogens is 1. The van der Waals surface area contributed by atoms with Crippen LogP contribution in [0.4, 0.5) is 11.6 Å². The molecule has 2 N–H and O–H groups in total. The lowest BCUT2D eigenvalue weighted by Crippen LogP contribution is -1.94. The number of hydrogen-bond donors (Lipinski definition) is 2. The van der Waals surface area contributed by atoms with Crippen LogP contribution in [0.2, 0.25) is 0 Å². The molecule has 3 heterocycles. The molecule has 4 rings (SSSR count). The first kappa shape index (κ1) is 10.9. The topological polar surface area (TPSA) is 66.5 Å². The Kier molecular flexibility index (Phi) is 2.35. The van der Waals surface area contributed by atoms with Gasteiger partial charge in [0.15, 0.2) is 5.82 Å². The molecule has 20 heavy (non-hydrogen) atoms. The molecule has 0 spiro atoms. The van der Waals surface area contributed by atoms with Gasteiger partial charge in [-0.2, -0.15) is 5.10 Å². The Morgan fingerprint density at radius 1 is 0.950 bits per heavy atom. The minimum Gasteiger partial charge on any atom is -0.322 e. The van der Waals surface area contributed by atoms with Crippen molar-refractivity contribution in [1.82, 2.24) is 20.2 Å². The van der Waals surface area contributed by atoms with E-state index in [-0.39, 0.29) is 0 Å². The lowest BCUT2D eigenvalue weighted by atomic mass is 10.2. The maximum Gasteiger partial charge on any atom is 0.179 e. The number of nitrogens with one attached hydrogen (secondary N) is 2. The zero-order valence-corrected chi connectivity index (χ0v) is 10.5. The van der Waals surface area contributed by atoms with Crippen molar-refractivity contribution in [3.05, 3.63) is 54.9 Å². The van der Waals surface area contributed by atoms with Gasteiger partial charge in [-0.05, 0) is 23.6 Å². The molecule has 0 aliphatic heterocycles. The average Bonchev–Trinajstić information content (AvgIpc) is 2.91. The lowest BCUT2D eigenvalue weighted by molar-refractivity contribution is 1.12. The molecule has 0 aliphatic carbocycles. The molecular formula is C15H11N5. The monoisotopic (exact) mass is 261 g/mol. The fourth-order valence-corrected chi connectivity index (χ4v) is 2.21. The Morgan fingerprint density at radius 3 is 2.80 bits per heavy atom. The Morgan fingerprint density at radius 2 is 1.85 bits per heavy atom. The van der Waals surface area contributed by atoms with Crippen molar-refractivity contribution in [2.75, 3.05) is 5.32 Å². The number of aromatic nitrogens is 4. The molecule has 0 unspecified atom stereocenters. The second-order valence-electron chi connectivity index (χ2n) is 4.51. The molecule has 0 aliphatic rings. The Hall–Kier alpha value is -2.95. The van der Waals surface area contributed by atoms with E-state index in [1.54, 1.807) is 6.20 Å². The van der Waals surface area contributed by atoms with Gasteiger partial charge < -0.3 is 5.32 Å². The Bertz CT molecular complexity index is 897. The van der Waals surface area contributed by atoms with Gasteiger partial charge in [0.1, 0.15) is 11.3 Å². The van der Waals surface area contributed by atoms with E-state index < -0.39 is 0 Å². The van der Waals surface area contributed by atoms with Crippen molar-refractivity contribution in [3.8, 4) is 0 Å². The van der Waals surface area contributed by atoms with E-state index in [0.29, 0.717) is 5.82 Å². The fourth-order valence-electron chi connectivity index (χ4n) is 2.21. The highest BCUT2D eigenvalue weighted by Crippen LogP contribution is 2.22. The van der Waals surface area contributed by atoms with Crippen LogP contribution in [-0.4, -0.2) is 20.2 Å². The van der Waals surface area contributed by atoms with Crippen LogP contribution in [0, 0.1) is 0 Å². The summed E-state index contributed by atoms with van der Waals surface area (Å²) in [6, 6.07) is 13.9. The van der Waals surface area contributed by atoms with Gasteiger partial charge in [-0.1, -0.05) is 24.3 Å². The van der Waals surface area contributed by atoms with Gasteiger partial charge in [-0.25, -0.2) is 4.98 Å². The molecule has 0 radical (unpaired) electrons. The molecule has 4 aromatic rings. The molecule has 3 aromatic heterocycles. The molecule has 5 heteroatoms. The number of nitrogens with zero attached hydrogens (tertiary/aromatic N) is 3. The summed E-state index contributed by atoms with van der Waals surface area (Å²) < 4.78 is 0. The summed E-state index contributed by atoms with van der Waals surface area (Å²) in [7, 11) is 0. The van der Waals surface area contributed by atoms with Gasteiger partial charge in [0, 0.05) is 17.8 Å². The van der Waals surface area contributed by atoms with Gasteiger partial charge in [-0.15, -0.1) is 0 Å². The van der Waals surface area contributed by atoms with Crippen molar-refractivity contribution >= 4 is 33.4 Å². The second kappa shape index (κ2) is 4.31. The zero-order chi connectivity index (χ0) is 13.4. The summed E-state index contributed by atoms with van der Waals surface area (Å²) in [6.45, 7) is 0. The smallest absolute Gasteiger partial charge is 0.179 e. The van der Waals surface area contributed by atoms with Crippen molar-refractivity contribution < 1.29 is 0 Å². The van der Waals surface area contributed by atoms with E-state index in [0.717, 1.165) is 27.6 Å². The number of hydrogen-bond acceptors (Lipinski definition) is 4. The highest BCUT2D eigenvalue weighted by molar-refractivity contribution is 5.89. The molecule has 0 amide bonds. The van der Waals surface area contributed by atoms with Crippen LogP contribution in [0.15, 0.2) is 54.9 Å². The van der Waals surface area contributed by atoms with Crippen LogP contribution in [0.3, 0.4) is 0 Å². The van der Waals surface area contributed by atoms with Crippen LogP contribution in [0.1, 0.15) is 0 Å². The highest BCUT2D eigenvalue weighted by Gasteiger charge is 2.07. The first-order valence-electron chi connectivity index (χ1n) is 6.31. The summed E-state index contributed by atoms with van der Waals surface area (Å²) in [5.41, 5.74) is 1.71. The van der Waals surface area contributed by atoms with Gasteiger partial charge in [0.05, 0.1) is 5.52 Å². The molecule has 1 aromatic carbocycles. The number of anilines is 2. The predicted octanol–water partition coefficient (Wildman–Crippen LogP) is 3.25. The molecule has 0 atom stereocenters. The third-order valence-electron chi connectivity index (χ3n) is 3.20. The fraction of sp³-hybridized carbons (Fsp3) is 0. The molecule has 0 fully saturated rings. The van der Waals surface area contributed by atoms with Gasteiger partial charge in [0.25, 0.3) is 0 Å². The zero-order valence-electron chi connectivity index (χ0n) is 10.5. The number of fused-ring (bicyclic) bond motifs is 2. The Labute approximate surface area is 114 Å². The summed E-state index contributed by atoms with van der Waals surface area (Å²) in [4.78, 5) is 8.71. The van der Waals surface area contributed by atoms with Gasteiger partial charge in [-0.3, -0.25) is 10.1 Å². The van der Waals surface area contributed by atoms with E-state index >= 15 is 0 Å². The van der Waals surface area contributed by atoms with E-state index in [2.05, 4.69) is 31.5 Å². The summed E-state index contributed by atoms with van der Waals surface area (Å²) >= 11 is 0. The minimum atomic E-state index is 0.684. The molecule has 0 bridgehead atoms. The SMILES string of the molecule is c1ccc2cc(Nc3n[nH]c4cccnc34)ncc2c1. The summed E-state index contributed by atoms with van der Waals surface area (Å²) in [6.07, 6.45) is 3.59. The lowest BCUT2D eigenvalue weighted by Gasteiger charge is -2.04. The van der Waals surface area contributed by atoms with Crippen LogP contribution >= 0.6 is 0 Å². The second-order valence-corrected chi connectivity index (χ2v) is 4.51. The van der Waals surface area contributed by atoms with Crippen molar-refractivity contribution in [1.29, 1.82) is 0 Å². The van der Waals surface area contributed by atoms with E-state index in [1.165, 1.54) is 0 Å². The quantitative estimate of drug-likeness (QED) is 0.581. The number of aromatic amines is 1. The molecule has 5 nitrogen and oxygen atoms in total. The van der Waals surface area contributed by atoms with E-state index in [4.69, 9.17) is 0 Å². The van der Waals surface area contributed by atoms with Crippen molar-refractivity contribution in [2.24, 2.45) is 0 Å². The number of pyridine rings is 2. The van der Waals surface area contributed by atoms with E-state index in [1.807, 2.05) is 42.6 Å². The molecule has 0 saturated heterocycles. The molecular weight excluding hydrogens is 250 g/mol. The largest absolute Gasteiger partial charge is 0.322 e. The van der Waals surface area contributed by atoms with Crippen LogP contribution in [-0.2, 0) is 0 Å². The van der Waals surface area contributed by atoms with Crippen LogP contribution < -0.4 is 5.32 Å². The normalized spacial score (nSPS) is 11.0. The van der Waals surface area contributed by atoms with E-state index in [9.17, 15) is 0 Å². The third kappa shape index (κ3) is 1.76. The predicted molar refractivity (Wildman–Crippen MR) is 78.9 cm³/mol. The maximum atomic E-state index is 4.40. The van der Waals surface area contributed by atoms with Gasteiger partial charge >= 0.3 is 0 Å². The summed E-state index contributed by atoms with van der Waals surface area (Å²) in [5, 5.41) is 12.6. The average molecular weight is 261 g/mol. The first-order chi connectivity index (χ1) is 9.90. The van der Waals surface area contributed by atoms with Crippen molar-refractivity contribution in [2.45, 2.75) is 0 Å². The highest BCUT2D eigenvalue weighted by atomic mass is 15.2. The van der Waals surface area contributed by atoms with Crippen LogP contribution in [0.25, 0.3) is 21.8 Å². The Balaban J connectivity index is 1.76.